The van der Waals surface area contributed by atoms with Gasteiger partial charge in [0.05, 0.1) is 13.2 Å². The molecular weight excluding hydrogens is 202 g/mol. The van der Waals surface area contributed by atoms with Gasteiger partial charge in [0.2, 0.25) is 5.88 Å². The Balaban J connectivity index is 2.19. The lowest BCUT2D eigenvalue weighted by Gasteiger charge is -2.05. The van der Waals surface area contributed by atoms with Gasteiger partial charge in [0.15, 0.2) is 0 Å². The van der Waals surface area contributed by atoms with Crippen molar-refractivity contribution in [2.24, 2.45) is 0 Å². The van der Waals surface area contributed by atoms with E-state index in [2.05, 4.69) is 16.4 Å². The monoisotopic (exact) mass is 219 g/mol. The number of nitriles is 1. The van der Waals surface area contributed by atoms with Crippen LogP contribution < -0.4 is 10.1 Å². The second kappa shape index (κ2) is 7.66. The zero-order valence-electron chi connectivity index (χ0n) is 9.57. The molecule has 0 saturated carbocycles. The highest BCUT2D eigenvalue weighted by molar-refractivity contribution is 5.20. The molecule has 0 aromatic carbocycles. The standard InChI is InChI=1S/C12H17N3O/c1-16-12-9-11(5-8-15-12)10-14-7-4-2-3-6-13/h5,8-9,14H,2-4,7,10H2,1H3. The molecule has 16 heavy (non-hydrogen) atoms. The number of rotatable bonds is 7. The van der Waals surface area contributed by atoms with Crippen LogP contribution in [0.2, 0.25) is 0 Å². The second-order valence-electron chi connectivity index (χ2n) is 3.50. The molecule has 0 unspecified atom stereocenters. The molecule has 1 rings (SSSR count). The van der Waals surface area contributed by atoms with Crippen LogP contribution >= 0.6 is 0 Å². The highest BCUT2D eigenvalue weighted by atomic mass is 16.5. The molecule has 0 saturated heterocycles. The summed E-state index contributed by atoms with van der Waals surface area (Å²) < 4.78 is 5.04. The van der Waals surface area contributed by atoms with Crippen LogP contribution in [0.15, 0.2) is 18.3 Å². The van der Waals surface area contributed by atoms with E-state index in [1.165, 1.54) is 0 Å². The van der Waals surface area contributed by atoms with Crippen molar-refractivity contribution in [1.82, 2.24) is 10.3 Å². The van der Waals surface area contributed by atoms with Crippen molar-refractivity contribution < 1.29 is 4.74 Å². The summed E-state index contributed by atoms with van der Waals surface area (Å²) in [7, 11) is 1.61. The van der Waals surface area contributed by atoms with Crippen molar-refractivity contribution in [1.29, 1.82) is 5.26 Å². The Morgan fingerprint density at radius 2 is 2.38 bits per heavy atom. The second-order valence-corrected chi connectivity index (χ2v) is 3.50. The lowest BCUT2D eigenvalue weighted by molar-refractivity contribution is 0.397. The number of hydrogen-bond donors (Lipinski definition) is 1. The van der Waals surface area contributed by atoms with Crippen LogP contribution in [0.4, 0.5) is 0 Å². The minimum absolute atomic E-state index is 0.642. The van der Waals surface area contributed by atoms with Gasteiger partial charge in [0.1, 0.15) is 0 Å². The van der Waals surface area contributed by atoms with Gasteiger partial charge in [-0.05, 0) is 31.0 Å². The first kappa shape index (κ1) is 12.5. The molecule has 1 aromatic rings. The molecule has 0 aliphatic carbocycles. The Labute approximate surface area is 96.3 Å². The number of nitrogens with zero attached hydrogens (tertiary/aromatic N) is 2. The van der Waals surface area contributed by atoms with Crippen molar-refractivity contribution in [2.45, 2.75) is 25.8 Å². The zero-order chi connectivity index (χ0) is 11.6. The van der Waals surface area contributed by atoms with Crippen molar-refractivity contribution in [3.8, 4) is 11.9 Å². The summed E-state index contributed by atoms with van der Waals surface area (Å²) in [4.78, 5) is 4.04. The number of hydrogen-bond acceptors (Lipinski definition) is 4. The van der Waals surface area contributed by atoms with Gasteiger partial charge in [-0.1, -0.05) is 0 Å². The van der Waals surface area contributed by atoms with Crippen LogP contribution in [-0.4, -0.2) is 18.6 Å². The Morgan fingerprint density at radius 3 is 3.12 bits per heavy atom. The summed E-state index contributed by atoms with van der Waals surface area (Å²) in [6.45, 7) is 1.75. The number of unbranched alkanes of at least 4 members (excludes halogenated alkanes) is 2. The highest BCUT2D eigenvalue weighted by Gasteiger charge is 1.96. The van der Waals surface area contributed by atoms with E-state index in [9.17, 15) is 0 Å². The lowest BCUT2D eigenvalue weighted by Crippen LogP contribution is -2.14. The summed E-state index contributed by atoms with van der Waals surface area (Å²) in [5.74, 6) is 0.642. The van der Waals surface area contributed by atoms with Gasteiger partial charge in [-0.15, -0.1) is 0 Å². The van der Waals surface area contributed by atoms with Gasteiger partial charge in [-0.25, -0.2) is 4.98 Å². The van der Waals surface area contributed by atoms with Crippen LogP contribution in [0.1, 0.15) is 24.8 Å². The molecule has 0 fully saturated rings. The summed E-state index contributed by atoms with van der Waals surface area (Å²) in [6, 6.07) is 6.02. The summed E-state index contributed by atoms with van der Waals surface area (Å²) in [6.07, 6.45) is 4.38. The van der Waals surface area contributed by atoms with Crippen LogP contribution in [0.25, 0.3) is 0 Å². The lowest BCUT2D eigenvalue weighted by atomic mass is 10.2. The zero-order valence-corrected chi connectivity index (χ0v) is 9.57. The fourth-order valence-corrected chi connectivity index (χ4v) is 1.36. The maximum absolute atomic E-state index is 8.37. The predicted octanol–water partition coefficient (Wildman–Crippen LogP) is 1.87. The normalized spacial score (nSPS) is 9.75. The maximum atomic E-state index is 8.37. The molecule has 1 heterocycles. The van der Waals surface area contributed by atoms with Gasteiger partial charge in [-0.2, -0.15) is 5.26 Å². The fraction of sp³-hybridized carbons (Fsp3) is 0.500. The summed E-state index contributed by atoms with van der Waals surface area (Å²) in [5.41, 5.74) is 1.16. The molecule has 4 nitrogen and oxygen atoms in total. The van der Waals surface area contributed by atoms with Gasteiger partial charge in [-0.3, -0.25) is 0 Å². The molecule has 0 aliphatic rings. The van der Waals surface area contributed by atoms with Gasteiger partial charge < -0.3 is 10.1 Å². The molecule has 4 heteroatoms. The third kappa shape index (κ3) is 4.76. The molecule has 1 aromatic heterocycles. The van der Waals surface area contributed by atoms with Gasteiger partial charge in [0, 0.05) is 25.2 Å². The van der Waals surface area contributed by atoms with E-state index in [0.717, 1.165) is 31.5 Å². The maximum Gasteiger partial charge on any atom is 0.213 e. The molecule has 1 N–H and O–H groups in total. The number of ether oxygens (including phenoxy) is 1. The highest BCUT2D eigenvalue weighted by Crippen LogP contribution is 2.07. The molecule has 0 bridgehead atoms. The Morgan fingerprint density at radius 1 is 1.50 bits per heavy atom. The van der Waals surface area contributed by atoms with Crippen LogP contribution in [0.5, 0.6) is 5.88 Å². The number of nitrogens with one attached hydrogen (secondary N) is 1. The SMILES string of the molecule is COc1cc(CNCCCCC#N)ccn1. The molecular formula is C12H17N3O. The fourth-order valence-electron chi connectivity index (χ4n) is 1.36. The van der Waals surface area contributed by atoms with Gasteiger partial charge >= 0.3 is 0 Å². The minimum Gasteiger partial charge on any atom is -0.481 e. The third-order valence-corrected chi connectivity index (χ3v) is 2.23. The van der Waals surface area contributed by atoms with Crippen LogP contribution in [0.3, 0.4) is 0 Å². The van der Waals surface area contributed by atoms with Gasteiger partial charge in [0.25, 0.3) is 0 Å². The molecule has 86 valence electrons. The van der Waals surface area contributed by atoms with Crippen molar-refractivity contribution in [3.05, 3.63) is 23.9 Å². The molecule has 0 aliphatic heterocycles. The molecule has 0 spiro atoms. The third-order valence-electron chi connectivity index (χ3n) is 2.23. The first-order valence-corrected chi connectivity index (χ1v) is 5.43. The first-order valence-electron chi connectivity index (χ1n) is 5.43. The van der Waals surface area contributed by atoms with E-state index in [1.807, 2.05) is 12.1 Å². The minimum atomic E-state index is 0.642. The van der Waals surface area contributed by atoms with E-state index < -0.39 is 0 Å². The Kier molecular flexibility index (Phi) is 5.97. The van der Waals surface area contributed by atoms with Crippen LogP contribution in [-0.2, 0) is 6.54 Å². The smallest absolute Gasteiger partial charge is 0.213 e. The van der Waals surface area contributed by atoms with E-state index in [1.54, 1.807) is 13.3 Å². The van der Waals surface area contributed by atoms with Crippen molar-refractivity contribution in [3.63, 3.8) is 0 Å². The Hall–Kier alpha value is -1.60. The quantitative estimate of drug-likeness (QED) is 0.711. The average molecular weight is 219 g/mol. The largest absolute Gasteiger partial charge is 0.481 e. The molecule has 0 radical (unpaired) electrons. The number of aromatic nitrogens is 1. The predicted molar refractivity (Wildman–Crippen MR) is 62.0 cm³/mol. The van der Waals surface area contributed by atoms with E-state index in [0.29, 0.717) is 12.3 Å². The van der Waals surface area contributed by atoms with Crippen LogP contribution in [0, 0.1) is 11.3 Å². The van der Waals surface area contributed by atoms with E-state index in [-0.39, 0.29) is 0 Å². The Bertz CT molecular complexity index is 346. The number of pyridine rings is 1. The topological polar surface area (TPSA) is 57.9 Å². The molecule has 0 atom stereocenters. The van der Waals surface area contributed by atoms with E-state index >= 15 is 0 Å². The van der Waals surface area contributed by atoms with E-state index in [4.69, 9.17) is 10.00 Å². The first-order chi connectivity index (χ1) is 7.86. The average Bonchev–Trinajstić information content (AvgIpc) is 2.34. The van der Waals surface area contributed by atoms with Crippen molar-refractivity contribution >= 4 is 0 Å². The summed E-state index contributed by atoms with van der Waals surface area (Å²) >= 11 is 0. The molecule has 0 amide bonds. The van der Waals surface area contributed by atoms with Crippen molar-refractivity contribution in [2.75, 3.05) is 13.7 Å². The summed E-state index contributed by atoms with van der Waals surface area (Å²) in [5, 5.41) is 11.7. The number of methoxy groups -OCH3 is 1.